The van der Waals surface area contributed by atoms with Crippen molar-refractivity contribution in [3.05, 3.63) is 0 Å². The van der Waals surface area contributed by atoms with E-state index in [1.165, 1.54) is 0 Å². The van der Waals surface area contributed by atoms with Crippen LogP contribution in [0, 0.1) is 0 Å². The second-order valence-electron chi connectivity index (χ2n) is 1.99. The molecule has 0 fully saturated rings. The van der Waals surface area contributed by atoms with Crippen LogP contribution >= 0.6 is 0 Å². The minimum absolute atomic E-state index is 0. The summed E-state index contributed by atoms with van der Waals surface area (Å²) in [6.07, 6.45) is -2.69. The van der Waals surface area contributed by atoms with Gasteiger partial charge in [0.15, 0.2) is 0 Å². The van der Waals surface area contributed by atoms with Gasteiger partial charge in [0, 0.05) is 0 Å². The number of carbonyl (C=O) groups is 2. The maximum atomic E-state index is 9.34. The predicted molar refractivity (Wildman–Crippen MR) is 50.0 cm³/mol. The summed E-state index contributed by atoms with van der Waals surface area (Å²) in [5, 5.41) is 34.6. The van der Waals surface area contributed by atoms with E-state index in [2.05, 4.69) is 0 Å². The minimum atomic E-state index is -1.44. The van der Waals surface area contributed by atoms with Crippen molar-refractivity contribution in [1.29, 1.82) is 0 Å². The third kappa shape index (κ3) is 36.8. The smallest absolute Gasteiger partial charge is 0.547 e. The van der Waals surface area contributed by atoms with Crippen LogP contribution in [0.2, 0.25) is 0 Å². The Morgan fingerprint density at radius 1 is 0.875 bits per heavy atom. The van der Waals surface area contributed by atoms with Gasteiger partial charge in [-0.2, -0.15) is 0 Å². The molecule has 10 heteroatoms. The first kappa shape index (κ1) is 36.0. The van der Waals surface area contributed by atoms with Crippen molar-refractivity contribution in [3.8, 4) is 0 Å². The van der Waals surface area contributed by atoms with Crippen LogP contribution in [0.25, 0.3) is 0 Å². The molecule has 0 spiro atoms. The minimum Gasteiger partial charge on any atom is -0.547 e. The molecule has 16 heavy (non-hydrogen) atoms. The molecular weight excluding hydrogens is 304 g/mol. The van der Waals surface area contributed by atoms with Crippen LogP contribution in [-0.2, 0) is 9.59 Å². The van der Waals surface area contributed by atoms with Crippen LogP contribution in [0.3, 0.4) is 0 Å². The Kier molecular flexibility index (Phi) is 46.3. The van der Waals surface area contributed by atoms with Crippen LogP contribution in [0.5, 0.6) is 0 Å². The Morgan fingerprint density at radius 2 is 0.938 bits per heavy atom. The fourth-order valence-corrected chi connectivity index (χ4v) is 0. The number of aliphatic hydroxyl groups excluding tert-OH is 2. The fraction of sp³-hybridized carbons (Fsp3) is 0.667. The average molecular weight is 320 g/mol. The molecule has 0 aromatic heterocycles. The van der Waals surface area contributed by atoms with Gasteiger partial charge in [0.25, 0.3) is 0 Å². The molecule has 2 unspecified atom stereocenters. The van der Waals surface area contributed by atoms with Gasteiger partial charge in [0.1, 0.15) is 0 Å². The van der Waals surface area contributed by atoms with Crippen molar-refractivity contribution in [3.63, 3.8) is 0 Å². The quantitative estimate of drug-likeness (QED) is 0.471. The molecule has 0 aliphatic heterocycles. The number of aliphatic hydroxyl groups is 2. The molecule has 0 saturated heterocycles. The summed E-state index contributed by atoms with van der Waals surface area (Å²) in [6.45, 7) is 2.27. The number of carboxylic acid groups (broad SMARTS) is 2. The number of carbonyl (C=O) groups excluding carboxylic acids is 2. The molecule has 96 valence electrons. The van der Waals surface area contributed by atoms with Crippen molar-refractivity contribution < 1.29 is 46.4 Å². The zero-order valence-corrected chi connectivity index (χ0v) is 12.4. The Morgan fingerprint density at radius 3 is 0.938 bits per heavy atom. The molecule has 0 radical (unpaired) electrons. The van der Waals surface area contributed by atoms with Crippen LogP contribution in [0.1, 0.15) is 13.8 Å². The third-order valence-corrected chi connectivity index (χ3v) is 0.682. The van der Waals surface area contributed by atoms with E-state index in [4.69, 9.17) is 10.2 Å². The molecule has 9 nitrogen and oxygen atoms in total. The third-order valence-electron chi connectivity index (χ3n) is 0.682. The van der Waals surface area contributed by atoms with Crippen LogP contribution in [0.15, 0.2) is 0 Å². The van der Waals surface area contributed by atoms with Gasteiger partial charge in [-0.25, -0.2) is 0 Å². The summed E-state index contributed by atoms with van der Waals surface area (Å²) in [4.78, 5) is 18.7. The topological polar surface area (TPSA) is 215 Å². The van der Waals surface area contributed by atoms with E-state index in [0.29, 0.717) is 0 Å². The molecular formula is C6H16O9Sr. The zero-order valence-electron chi connectivity index (χ0n) is 8.89. The standard InChI is InChI=1S/2C3H6O3.3H2O.Sr/c2*1-2(4)3(5)6;;;;/h2*2,4H,1H3,(H,5,6);3*1H2;/q;;;;;+2/p-2. The SMILES string of the molecule is CC(O)C(=O)[O-].CC(O)C(=O)[O-].O.O.O.[Sr+2]. The van der Waals surface area contributed by atoms with Crippen molar-refractivity contribution in [1.82, 2.24) is 0 Å². The fourth-order valence-electron chi connectivity index (χ4n) is 0. The van der Waals surface area contributed by atoms with Gasteiger partial charge >= 0.3 is 45.5 Å². The molecule has 0 bridgehead atoms. The molecule has 2 atom stereocenters. The molecule has 0 aliphatic carbocycles. The van der Waals surface area contributed by atoms with Crippen molar-refractivity contribution in [2.24, 2.45) is 0 Å². The van der Waals surface area contributed by atoms with E-state index in [1.54, 1.807) is 0 Å². The van der Waals surface area contributed by atoms with E-state index in [0.717, 1.165) is 13.8 Å². The monoisotopic (exact) mass is 320 g/mol. The number of hydrogen-bond acceptors (Lipinski definition) is 6. The van der Waals surface area contributed by atoms with Crippen LogP contribution in [-0.4, -0.2) is 96.3 Å². The average Bonchev–Trinajstić information content (AvgIpc) is 1.88. The maximum absolute atomic E-state index is 9.34. The zero-order chi connectivity index (χ0) is 10.3. The molecule has 0 aliphatic rings. The first-order chi connectivity index (χ1) is 5.29. The van der Waals surface area contributed by atoms with Gasteiger partial charge in [-0.05, 0) is 13.8 Å². The molecule has 0 saturated carbocycles. The molecule has 8 N–H and O–H groups in total. The normalized spacial score (nSPS) is 10.2. The van der Waals surface area contributed by atoms with E-state index >= 15 is 0 Å². The molecule has 0 heterocycles. The summed E-state index contributed by atoms with van der Waals surface area (Å²) in [7, 11) is 0. The Labute approximate surface area is 129 Å². The maximum Gasteiger partial charge on any atom is 2.00 e. The van der Waals surface area contributed by atoms with Gasteiger partial charge < -0.3 is 46.4 Å². The summed E-state index contributed by atoms with van der Waals surface area (Å²) in [5.41, 5.74) is 0. The first-order valence-corrected chi connectivity index (χ1v) is 3.06. The predicted octanol–water partition coefficient (Wildman–Crippen LogP) is -6.62. The number of rotatable bonds is 2. The summed E-state index contributed by atoms with van der Waals surface area (Å²) >= 11 is 0. The number of aliphatic carboxylic acids is 2. The van der Waals surface area contributed by atoms with Gasteiger partial charge in [-0.1, -0.05) is 0 Å². The number of hydrogen-bond donors (Lipinski definition) is 2. The van der Waals surface area contributed by atoms with E-state index in [9.17, 15) is 19.8 Å². The molecule has 0 rings (SSSR count). The Hall–Kier alpha value is 0.221. The summed E-state index contributed by atoms with van der Waals surface area (Å²) < 4.78 is 0. The largest absolute Gasteiger partial charge is 2.00 e. The van der Waals surface area contributed by atoms with Crippen molar-refractivity contribution >= 4 is 57.4 Å². The van der Waals surface area contributed by atoms with Gasteiger partial charge in [-0.3, -0.25) is 0 Å². The van der Waals surface area contributed by atoms with Crippen LogP contribution < -0.4 is 10.2 Å². The van der Waals surface area contributed by atoms with E-state index < -0.39 is 24.1 Å². The summed E-state index contributed by atoms with van der Waals surface area (Å²) in [6, 6.07) is 0. The van der Waals surface area contributed by atoms with Gasteiger partial charge in [-0.15, -0.1) is 0 Å². The molecule has 0 aromatic carbocycles. The van der Waals surface area contributed by atoms with Gasteiger partial charge in [0.2, 0.25) is 0 Å². The second-order valence-corrected chi connectivity index (χ2v) is 1.99. The molecule has 0 amide bonds. The first-order valence-electron chi connectivity index (χ1n) is 3.06. The van der Waals surface area contributed by atoms with Gasteiger partial charge in [0.05, 0.1) is 24.1 Å². The second kappa shape index (κ2) is 20.6. The van der Waals surface area contributed by atoms with Crippen molar-refractivity contribution in [2.45, 2.75) is 26.1 Å². The van der Waals surface area contributed by atoms with E-state index in [-0.39, 0.29) is 61.9 Å². The number of carboxylic acids is 2. The van der Waals surface area contributed by atoms with Crippen LogP contribution in [0.4, 0.5) is 0 Å². The van der Waals surface area contributed by atoms with Crippen molar-refractivity contribution in [2.75, 3.05) is 0 Å². The molecule has 0 aromatic rings. The summed E-state index contributed by atoms with van der Waals surface area (Å²) in [5.74, 6) is -2.87. The Bertz CT molecular complexity index is 140. The Balaban J connectivity index is -0.0000000250. The van der Waals surface area contributed by atoms with E-state index in [1.807, 2.05) is 0 Å².